The molecule has 1 fully saturated rings. The number of amides is 2. The van der Waals surface area contributed by atoms with Crippen molar-refractivity contribution in [1.29, 1.82) is 0 Å². The molecular formula is C21H32N2O3. The smallest absolute Gasteiger partial charge is 0.313 e. The Morgan fingerprint density at radius 3 is 2.04 bits per heavy atom. The number of carbonyl (C=O) groups is 2. The highest BCUT2D eigenvalue weighted by atomic mass is 16.5. The van der Waals surface area contributed by atoms with Crippen molar-refractivity contribution in [1.82, 2.24) is 5.32 Å². The van der Waals surface area contributed by atoms with E-state index in [4.69, 9.17) is 4.74 Å². The van der Waals surface area contributed by atoms with E-state index in [0.717, 1.165) is 25.7 Å². The zero-order chi connectivity index (χ0) is 18.6. The fraction of sp³-hybridized carbons (Fsp3) is 0.619. The molecule has 1 aliphatic rings. The monoisotopic (exact) mass is 360 g/mol. The molecule has 0 spiro atoms. The Hall–Kier alpha value is -2.04. The van der Waals surface area contributed by atoms with Crippen LogP contribution in [0.3, 0.4) is 0 Å². The van der Waals surface area contributed by atoms with Gasteiger partial charge in [-0.1, -0.05) is 63.9 Å². The highest BCUT2D eigenvalue weighted by molar-refractivity contribution is 6.39. The molecule has 2 N–H and O–H groups in total. The maximum atomic E-state index is 12.3. The number of carbonyl (C=O) groups excluding carboxylic acids is 2. The fourth-order valence-corrected chi connectivity index (χ4v) is 3.45. The molecule has 5 heteroatoms. The van der Waals surface area contributed by atoms with Gasteiger partial charge in [0.25, 0.3) is 0 Å². The molecule has 0 bridgehead atoms. The summed E-state index contributed by atoms with van der Waals surface area (Å²) in [5, 5.41) is 5.58. The van der Waals surface area contributed by atoms with Crippen LogP contribution in [-0.2, 0) is 9.59 Å². The summed E-state index contributed by atoms with van der Waals surface area (Å²) in [6, 6.07) is 7.10. The summed E-state index contributed by atoms with van der Waals surface area (Å²) in [4.78, 5) is 24.5. The molecular weight excluding hydrogens is 328 g/mol. The van der Waals surface area contributed by atoms with Crippen LogP contribution in [0.1, 0.15) is 70.6 Å². The Morgan fingerprint density at radius 1 is 0.885 bits per heavy atom. The largest absolute Gasteiger partial charge is 0.497 e. The van der Waals surface area contributed by atoms with Gasteiger partial charge in [-0.3, -0.25) is 9.59 Å². The second kappa shape index (κ2) is 11.6. The zero-order valence-electron chi connectivity index (χ0n) is 15.9. The molecule has 1 saturated carbocycles. The Balaban J connectivity index is 1.84. The lowest BCUT2D eigenvalue weighted by molar-refractivity contribution is -0.136. The summed E-state index contributed by atoms with van der Waals surface area (Å²) in [6.07, 6.45) is 13.1. The van der Waals surface area contributed by atoms with E-state index in [9.17, 15) is 9.59 Å². The van der Waals surface area contributed by atoms with E-state index in [0.29, 0.717) is 11.4 Å². The van der Waals surface area contributed by atoms with Crippen molar-refractivity contribution in [2.45, 2.75) is 76.7 Å². The normalized spacial score (nSPS) is 17.4. The number of methoxy groups -OCH3 is 1. The van der Waals surface area contributed by atoms with Gasteiger partial charge in [-0.15, -0.1) is 0 Å². The number of rotatable bonds is 3. The third kappa shape index (κ3) is 7.46. The van der Waals surface area contributed by atoms with Crippen molar-refractivity contribution in [2.24, 2.45) is 0 Å². The molecule has 2 amide bonds. The first-order valence-electron chi connectivity index (χ1n) is 9.95. The van der Waals surface area contributed by atoms with Gasteiger partial charge in [0.2, 0.25) is 0 Å². The molecule has 5 nitrogen and oxygen atoms in total. The average molecular weight is 360 g/mol. The van der Waals surface area contributed by atoms with Gasteiger partial charge in [-0.25, -0.2) is 0 Å². The highest BCUT2D eigenvalue weighted by Gasteiger charge is 2.19. The zero-order valence-corrected chi connectivity index (χ0v) is 15.9. The molecule has 2 rings (SSSR count). The number of hydrogen-bond donors (Lipinski definition) is 2. The van der Waals surface area contributed by atoms with Crippen molar-refractivity contribution in [3.63, 3.8) is 0 Å². The lowest BCUT2D eigenvalue weighted by Crippen LogP contribution is -2.41. The maximum Gasteiger partial charge on any atom is 0.313 e. The first-order chi connectivity index (χ1) is 12.7. The standard InChI is InChI=1S/C21H32N2O3/c1-26-19-15-11-14-18(16-19)23-21(25)20(24)22-17-12-9-7-5-3-2-4-6-8-10-13-17/h11,14-17H,2-10,12-13H2,1H3,(H,22,24)(H,23,25). The topological polar surface area (TPSA) is 67.4 Å². The van der Waals surface area contributed by atoms with Crippen LogP contribution in [0.25, 0.3) is 0 Å². The third-order valence-corrected chi connectivity index (χ3v) is 4.97. The minimum atomic E-state index is -0.621. The van der Waals surface area contributed by atoms with Crippen molar-refractivity contribution >= 4 is 17.5 Å². The van der Waals surface area contributed by atoms with E-state index in [-0.39, 0.29) is 6.04 Å². The molecule has 1 aromatic carbocycles. The summed E-state index contributed by atoms with van der Waals surface area (Å²) in [5.41, 5.74) is 0.559. The van der Waals surface area contributed by atoms with Gasteiger partial charge in [0.05, 0.1) is 7.11 Å². The molecule has 0 saturated heterocycles. The van der Waals surface area contributed by atoms with Gasteiger partial charge in [0, 0.05) is 17.8 Å². The highest BCUT2D eigenvalue weighted by Crippen LogP contribution is 2.18. The molecule has 0 radical (unpaired) electrons. The van der Waals surface area contributed by atoms with Crippen molar-refractivity contribution in [3.8, 4) is 5.75 Å². The average Bonchev–Trinajstić information content (AvgIpc) is 2.64. The quantitative estimate of drug-likeness (QED) is 0.784. The van der Waals surface area contributed by atoms with Crippen LogP contribution in [0.4, 0.5) is 5.69 Å². The van der Waals surface area contributed by atoms with Gasteiger partial charge < -0.3 is 15.4 Å². The molecule has 0 atom stereocenters. The fourth-order valence-electron chi connectivity index (χ4n) is 3.45. The van der Waals surface area contributed by atoms with Crippen molar-refractivity contribution in [2.75, 3.05) is 12.4 Å². The second-order valence-electron chi connectivity index (χ2n) is 7.12. The molecule has 1 aliphatic carbocycles. The Kier molecular flexibility index (Phi) is 9.01. The minimum absolute atomic E-state index is 0.0954. The second-order valence-corrected chi connectivity index (χ2v) is 7.12. The van der Waals surface area contributed by atoms with Gasteiger partial charge in [0.15, 0.2) is 0 Å². The van der Waals surface area contributed by atoms with Crippen LogP contribution in [0.15, 0.2) is 24.3 Å². The van der Waals surface area contributed by atoms with E-state index >= 15 is 0 Å². The Morgan fingerprint density at radius 2 is 1.46 bits per heavy atom. The lowest BCUT2D eigenvalue weighted by Gasteiger charge is -2.19. The van der Waals surface area contributed by atoms with E-state index < -0.39 is 11.8 Å². The summed E-state index contributed by atoms with van der Waals surface area (Å²) in [6.45, 7) is 0. The number of benzene rings is 1. The van der Waals surface area contributed by atoms with Crippen LogP contribution < -0.4 is 15.4 Å². The van der Waals surface area contributed by atoms with E-state index in [2.05, 4.69) is 10.6 Å². The van der Waals surface area contributed by atoms with E-state index in [1.165, 1.54) is 44.9 Å². The molecule has 0 heterocycles. The molecule has 0 unspecified atom stereocenters. The molecule has 26 heavy (non-hydrogen) atoms. The number of anilines is 1. The van der Waals surface area contributed by atoms with Crippen LogP contribution >= 0.6 is 0 Å². The number of nitrogens with one attached hydrogen (secondary N) is 2. The number of hydrogen-bond acceptors (Lipinski definition) is 3. The molecule has 144 valence electrons. The summed E-state index contributed by atoms with van der Waals surface area (Å²) >= 11 is 0. The first kappa shape index (κ1) is 20.3. The van der Waals surface area contributed by atoms with Crippen molar-refractivity contribution in [3.05, 3.63) is 24.3 Å². The van der Waals surface area contributed by atoms with Gasteiger partial charge in [0.1, 0.15) is 5.75 Å². The molecule has 0 aliphatic heterocycles. The predicted molar refractivity (Wildman–Crippen MR) is 104 cm³/mol. The van der Waals surface area contributed by atoms with Crippen LogP contribution in [-0.4, -0.2) is 25.0 Å². The van der Waals surface area contributed by atoms with Crippen LogP contribution in [0.5, 0.6) is 5.75 Å². The number of ether oxygens (including phenoxy) is 1. The summed E-state index contributed by atoms with van der Waals surface area (Å²) in [7, 11) is 1.57. The van der Waals surface area contributed by atoms with Gasteiger partial charge in [-0.05, 0) is 25.0 Å². The Labute approximate surface area is 156 Å². The van der Waals surface area contributed by atoms with Crippen LogP contribution in [0.2, 0.25) is 0 Å². The lowest BCUT2D eigenvalue weighted by atomic mass is 9.98. The summed E-state index contributed by atoms with van der Waals surface area (Å²) < 4.78 is 5.13. The van der Waals surface area contributed by atoms with Crippen LogP contribution in [0, 0.1) is 0 Å². The van der Waals surface area contributed by atoms with Gasteiger partial charge in [-0.2, -0.15) is 0 Å². The molecule has 0 aromatic heterocycles. The van der Waals surface area contributed by atoms with E-state index in [1.807, 2.05) is 0 Å². The third-order valence-electron chi connectivity index (χ3n) is 4.97. The molecule has 1 aromatic rings. The van der Waals surface area contributed by atoms with Crippen molar-refractivity contribution < 1.29 is 14.3 Å². The van der Waals surface area contributed by atoms with E-state index in [1.54, 1.807) is 31.4 Å². The SMILES string of the molecule is COc1cccc(NC(=O)C(=O)NC2CCCCCCCCCCC2)c1. The Bertz CT molecular complexity index is 562. The predicted octanol–water partition coefficient (Wildman–Crippen LogP) is 4.42. The minimum Gasteiger partial charge on any atom is -0.497 e. The maximum absolute atomic E-state index is 12.3. The first-order valence-corrected chi connectivity index (χ1v) is 9.95. The summed E-state index contributed by atoms with van der Waals surface area (Å²) in [5.74, 6) is -0.531. The van der Waals surface area contributed by atoms with Gasteiger partial charge >= 0.3 is 11.8 Å².